The first-order valence-corrected chi connectivity index (χ1v) is 4.84. The van der Waals surface area contributed by atoms with Crippen LogP contribution in [0.25, 0.3) is 0 Å². The van der Waals surface area contributed by atoms with Gasteiger partial charge in [-0.05, 0) is 12.1 Å². The van der Waals surface area contributed by atoms with Gasteiger partial charge in [0.1, 0.15) is 5.82 Å². The molecule has 3 nitrogen and oxygen atoms in total. The van der Waals surface area contributed by atoms with Crippen molar-refractivity contribution in [3.63, 3.8) is 0 Å². The van der Waals surface area contributed by atoms with E-state index in [9.17, 15) is 8.78 Å². The van der Waals surface area contributed by atoms with Crippen LogP contribution in [0.1, 0.15) is 0 Å². The van der Waals surface area contributed by atoms with E-state index in [0.29, 0.717) is 13.1 Å². The summed E-state index contributed by atoms with van der Waals surface area (Å²) in [6, 6.07) is 3.30. The van der Waals surface area contributed by atoms with Gasteiger partial charge in [0.25, 0.3) is 0 Å². The van der Waals surface area contributed by atoms with E-state index in [2.05, 4.69) is 5.32 Å². The Balaban J connectivity index is 2.03. The van der Waals surface area contributed by atoms with E-state index in [1.54, 1.807) is 5.06 Å². The van der Waals surface area contributed by atoms with Gasteiger partial charge in [0, 0.05) is 32.2 Å². The summed E-state index contributed by atoms with van der Waals surface area (Å²) in [4.78, 5) is 5.29. The van der Waals surface area contributed by atoms with Gasteiger partial charge in [0.05, 0.1) is 0 Å². The van der Waals surface area contributed by atoms with Crippen LogP contribution in [0.15, 0.2) is 18.2 Å². The van der Waals surface area contributed by atoms with E-state index >= 15 is 0 Å². The zero-order valence-corrected chi connectivity index (χ0v) is 8.17. The summed E-state index contributed by atoms with van der Waals surface area (Å²) in [7, 11) is 0. The first-order valence-electron chi connectivity index (χ1n) is 4.84. The van der Waals surface area contributed by atoms with Crippen LogP contribution in [0.2, 0.25) is 0 Å². The molecule has 0 unspecified atom stereocenters. The van der Waals surface area contributed by atoms with Crippen molar-refractivity contribution in [1.82, 2.24) is 10.4 Å². The number of benzene rings is 1. The lowest BCUT2D eigenvalue weighted by Crippen LogP contribution is -2.45. The molecule has 0 radical (unpaired) electrons. The largest absolute Gasteiger partial charge is 0.403 e. The second-order valence-electron chi connectivity index (χ2n) is 3.35. The minimum absolute atomic E-state index is 0.0679. The highest BCUT2D eigenvalue weighted by Crippen LogP contribution is 2.18. The molecule has 82 valence electrons. The Labute approximate surface area is 86.6 Å². The molecule has 1 heterocycles. The first kappa shape index (κ1) is 10.3. The number of nitrogens with one attached hydrogen (secondary N) is 1. The number of rotatable bonds is 2. The van der Waals surface area contributed by atoms with Gasteiger partial charge in [-0.25, -0.2) is 8.78 Å². The molecule has 15 heavy (non-hydrogen) atoms. The van der Waals surface area contributed by atoms with Gasteiger partial charge in [-0.1, -0.05) is 0 Å². The van der Waals surface area contributed by atoms with Crippen molar-refractivity contribution in [3.05, 3.63) is 29.8 Å². The third-order valence-corrected chi connectivity index (χ3v) is 2.20. The summed E-state index contributed by atoms with van der Waals surface area (Å²) in [6.45, 7) is 3.00. The number of hydroxylamine groups is 2. The van der Waals surface area contributed by atoms with Gasteiger partial charge in [0.15, 0.2) is 11.6 Å². The van der Waals surface area contributed by atoms with E-state index in [-0.39, 0.29) is 5.75 Å². The summed E-state index contributed by atoms with van der Waals surface area (Å²) in [5, 5.41) is 4.81. The van der Waals surface area contributed by atoms with Crippen molar-refractivity contribution in [3.8, 4) is 5.75 Å². The number of piperazine rings is 1. The van der Waals surface area contributed by atoms with E-state index in [0.717, 1.165) is 19.2 Å². The Kier molecular flexibility index (Phi) is 3.13. The Morgan fingerprint density at radius 3 is 2.60 bits per heavy atom. The Bertz CT molecular complexity index is 340. The predicted octanol–water partition coefficient (Wildman–Crippen LogP) is 1.16. The lowest BCUT2D eigenvalue weighted by atomic mass is 10.3. The van der Waals surface area contributed by atoms with Crippen molar-refractivity contribution in [1.29, 1.82) is 0 Å². The minimum atomic E-state index is -0.673. The maximum absolute atomic E-state index is 13.2. The molecular formula is C10H12F2N2O. The highest BCUT2D eigenvalue weighted by atomic mass is 19.1. The van der Waals surface area contributed by atoms with Gasteiger partial charge in [-0.15, -0.1) is 5.06 Å². The quantitative estimate of drug-likeness (QED) is 0.799. The Morgan fingerprint density at radius 2 is 1.93 bits per heavy atom. The molecule has 0 saturated carbocycles. The molecule has 5 heteroatoms. The molecule has 1 aromatic rings. The highest BCUT2D eigenvalue weighted by molar-refractivity contribution is 5.24. The Hall–Kier alpha value is -1.20. The number of halogens is 2. The summed E-state index contributed by atoms with van der Waals surface area (Å²) in [5.41, 5.74) is 0. The van der Waals surface area contributed by atoms with Crippen molar-refractivity contribution in [2.24, 2.45) is 0 Å². The summed E-state index contributed by atoms with van der Waals surface area (Å²) >= 11 is 0. The van der Waals surface area contributed by atoms with E-state index in [1.807, 2.05) is 0 Å². The molecule has 1 saturated heterocycles. The highest BCUT2D eigenvalue weighted by Gasteiger charge is 2.13. The van der Waals surface area contributed by atoms with Gasteiger partial charge < -0.3 is 10.2 Å². The fourth-order valence-electron chi connectivity index (χ4n) is 1.42. The van der Waals surface area contributed by atoms with E-state index in [4.69, 9.17) is 4.84 Å². The molecule has 1 fully saturated rings. The molecular weight excluding hydrogens is 202 g/mol. The third kappa shape index (κ3) is 2.64. The van der Waals surface area contributed by atoms with Crippen LogP contribution in [-0.4, -0.2) is 31.2 Å². The molecule has 1 aliphatic heterocycles. The molecule has 0 aliphatic carbocycles. The summed E-state index contributed by atoms with van der Waals surface area (Å²) in [6.07, 6.45) is 0. The molecule has 2 rings (SSSR count). The van der Waals surface area contributed by atoms with E-state index in [1.165, 1.54) is 12.1 Å². The van der Waals surface area contributed by atoms with Crippen LogP contribution in [-0.2, 0) is 0 Å². The van der Waals surface area contributed by atoms with Crippen LogP contribution in [0.5, 0.6) is 5.75 Å². The molecule has 0 aromatic heterocycles. The predicted molar refractivity (Wildman–Crippen MR) is 51.4 cm³/mol. The van der Waals surface area contributed by atoms with Gasteiger partial charge in [-0.3, -0.25) is 0 Å². The summed E-state index contributed by atoms with van der Waals surface area (Å²) < 4.78 is 25.8. The van der Waals surface area contributed by atoms with Crippen molar-refractivity contribution >= 4 is 0 Å². The van der Waals surface area contributed by atoms with Gasteiger partial charge in [-0.2, -0.15) is 0 Å². The fourth-order valence-corrected chi connectivity index (χ4v) is 1.42. The lowest BCUT2D eigenvalue weighted by Gasteiger charge is -2.26. The lowest BCUT2D eigenvalue weighted by molar-refractivity contribution is -0.0694. The molecule has 1 aliphatic rings. The summed E-state index contributed by atoms with van der Waals surface area (Å²) in [5.74, 6) is -1.20. The fraction of sp³-hybridized carbons (Fsp3) is 0.400. The second-order valence-corrected chi connectivity index (χ2v) is 3.35. The van der Waals surface area contributed by atoms with Gasteiger partial charge in [0.2, 0.25) is 0 Å². The van der Waals surface area contributed by atoms with Crippen molar-refractivity contribution < 1.29 is 13.6 Å². The number of hydrogen-bond acceptors (Lipinski definition) is 3. The zero-order valence-electron chi connectivity index (χ0n) is 8.17. The third-order valence-electron chi connectivity index (χ3n) is 2.20. The maximum Gasteiger partial charge on any atom is 0.183 e. The Morgan fingerprint density at radius 1 is 1.20 bits per heavy atom. The molecule has 0 amide bonds. The number of hydrogen-bond donors (Lipinski definition) is 1. The van der Waals surface area contributed by atoms with Crippen molar-refractivity contribution in [2.75, 3.05) is 26.2 Å². The van der Waals surface area contributed by atoms with Crippen molar-refractivity contribution in [2.45, 2.75) is 0 Å². The average Bonchev–Trinajstić information content (AvgIpc) is 2.24. The smallest absolute Gasteiger partial charge is 0.183 e. The molecule has 0 atom stereocenters. The van der Waals surface area contributed by atoms with Crippen LogP contribution < -0.4 is 10.2 Å². The zero-order chi connectivity index (χ0) is 10.7. The average molecular weight is 214 g/mol. The molecule has 0 bridgehead atoms. The van der Waals surface area contributed by atoms with Gasteiger partial charge >= 0.3 is 0 Å². The monoisotopic (exact) mass is 214 g/mol. The second kappa shape index (κ2) is 4.55. The topological polar surface area (TPSA) is 24.5 Å². The first-order chi connectivity index (χ1) is 7.25. The minimum Gasteiger partial charge on any atom is -0.403 e. The molecule has 1 N–H and O–H groups in total. The van der Waals surface area contributed by atoms with Crippen LogP contribution in [0, 0.1) is 11.6 Å². The molecule has 0 spiro atoms. The van der Waals surface area contributed by atoms with Crippen LogP contribution in [0.4, 0.5) is 8.78 Å². The van der Waals surface area contributed by atoms with E-state index < -0.39 is 11.6 Å². The van der Waals surface area contributed by atoms with Crippen LogP contribution >= 0.6 is 0 Å². The maximum atomic E-state index is 13.2. The van der Waals surface area contributed by atoms with Crippen LogP contribution in [0.3, 0.4) is 0 Å². The molecule has 1 aromatic carbocycles. The number of nitrogens with zero attached hydrogens (tertiary/aromatic N) is 1. The SMILES string of the molecule is Fc1ccc(ON2CCNCC2)c(F)c1. The standard InChI is InChI=1S/C10H12F2N2O/c11-8-1-2-10(9(12)7-8)15-14-5-3-13-4-6-14/h1-2,7,13H,3-6H2. The normalized spacial score (nSPS) is 17.7.